The average molecular weight is 367 g/mol. The van der Waals surface area contributed by atoms with E-state index in [2.05, 4.69) is 15.3 Å². The second-order valence-corrected chi connectivity index (χ2v) is 6.13. The molecule has 7 nitrogen and oxygen atoms in total. The number of aromatic amines is 2. The first-order valence-electron chi connectivity index (χ1n) is 8.22. The molecule has 136 valence electrons. The number of rotatable bonds is 4. The monoisotopic (exact) mass is 367 g/mol. The van der Waals surface area contributed by atoms with Gasteiger partial charge in [0, 0.05) is 23.7 Å². The van der Waals surface area contributed by atoms with Crippen molar-refractivity contribution >= 4 is 33.6 Å². The number of benzene rings is 2. The van der Waals surface area contributed by atoms with Crippen molar-refractivity contribution in [3.05, 3.63) is 74.7 Å². The highest BCUT2D eigenvalue weighted by Crippen LogP contribution is 2.17. The van der Waals surface area contributed by atoms with Crippen LogP contribution in [-0.4, -0.2) is 15.9 Å². The van der Waals surface area contributed by atoms with E-state index in [1.165, 1.54) is 12.1 Å². The Morgan fingerprint density at radius 3 is 2.74 bits per heavy atom. The summed E-state index contributed by atoms with van der Waals surface area (Å²) in [5.41, 5.74) is 1.87. The third kappa shape index (κ3) is 3.50. The molecule has 0 aliphatic carbocycles. The minimum absolute atomic E-state index is 0.0882. The van der Waals surface area contributed by atoms with E-state index in [4.69, 9.17) is 4.42 Å². The van der Waals surface area contributed by atoms with Crippen molar-refractivity contribution in [2.75, 3.05) is 5.32 Å². The maximum atomic E-state index is 13.2. The lowest BCUT2D eigenvalue weighted by molar-refractivity contribution is -0.116. The predicted molar refractivity (Wildman–Crippen MR) is 98.3 cm³/mol. The van der Waals surface area contributed by atoms with E-state index >= 15 is 0 Å². The lowest BCUT2D eigenvalue weighted by Crippen LogP contribution is -2.17. The first-order valence-corrected chi connectivity index (χ1v) is 8.22. The van der Waals surface area contributed by atoms with Crippen molar-refractivity contribution in [2.45, 2.75) is 12.8 Å². The molecule has 27 heavy (non-hydrogen) atoms. The van der Waals surface area contributed by atoms with Crippen molar-refractivity contribution in [1.29, 1.82) is 0 Å². The molecule has 8 heteroatoms. The van der Waals surface area contributed by atoms with Crippen molar-refractivity contribution in [1.82, 2.24) is 9.97 Å². The number of amides is 1. The Balaban J connectivity index is 1.47. The van der Waals surface area contributed by atoms with Gasteiger partial charge in [0.05, 0.1) is 11.0 Å². The van der Waals surface area contributed by atoms with Crippen molar-refractivity contribution in [3.63, 3.8) is 0 Å². The smallest absolute Gasteiger partial charge is 0.408 e. The molecule has 0 saturated heterocycles. The van der Waals surface area contributed by atoms with Gasteiger partial charge in [0.2, 0.25) is 5.91 Å². The average Bonchev–Trinajstić information content (AvgIpc) is 2.99. The summed E-state index contributed by atoms with van der Waals surface area (Å²) in [5, 5.41) is 3.39. The van der Waals surface area contributed by atoms with Crippen LogP contribution in [0.4, 0.5) is 10.1 Å². The third-order valence-electron chi connectivity index (χ3n) is 4.21. The molecule has 1 amide bonds. The number of oxazole rings is 1. The number of carbonyl (C=O) groups is 1. The number of pyridine rings is 1. The number of carbonyl (C=O) groups excluding carboxylic acids is 1. The lowest BCUT2D eigenvalue weighted by Gasteiger charge is -2.06. The Hall–Kier alpha value is -3.68. The molecule has 2 aromatic heterocycles. The zero-order valence-corrected chi connectivity index (χ0v) is 14.0. The number of anilines is 1. The van der Waals surface area contributed by atoms with E-state index in [1.807, 2.05) is 0 Å². The molecule has 0 bridgehead atoms. The molecule has 0 atom stereocenters. The summed E-state index contributed by atoms with van der Waals surface area (Å²) in [4.78, 5) is 40.6. The van der Waals surface area contributed by atoms with Gasteiger partial charge in [-0.2, -0.15) is 0 Å². The summed E-state index contributed by atoms with van der Waals surface area (Å²) >= 11 is 0. The minimum atomic E-state index is -0.566. The number of hydrogen-bond donors (Lipinski definition) is 3. The van der Waals surface area contributed by atoms with Gasteiger partial charge < -0.3 is 14.7 Å². The summed E-state index contributed by atoms with van der Waals surface area (Å²) in [6.45, 7) is 0. The third-order valence-corrected chi connectivity index (χ3v) is 4.21. The van der Waals surface area contributed by atoms with E-state index in [0.717, 1.165) is 0 Å². The van der Waals surface area contributed by atoms with Gasteiger partial charge in [-0.05, 0) is 48.2 Å². The maximum absolute atomic E-state index is 13.2. The van der Waals surface area contributed by atoms with Crippen molar-refractivity contribution < 1.29 is 13.6 Å². The molecule has 0 aliphatic heterocycles. The van der Waals surface area contributed by atoms with Gasteiger partial charge in [0.25, 0.3) is 5.56 Å². The molecule has 0 saturated carbocycles. The van der Waals surface area contributed by atoms with Crippen LogP contribution in [0.3, 0.4) is 0 Å². The molecular formula is C19H14FN3O4. The molecule has 3 N–H and O–H groups in total. The van der Waals surface area contributed by atoms with Gasteiger partial charge in [0.1, 0.15) is 5.82 Å². The first-order chi connectivity index (χ1) is 13.0. The van der Waals surface area contributed by atoms with Gasteiger partial charge in [0.15, 0.2) is 5.58 Å². The highest BCUT2D eigenvalue weighted by Gasteiger charge is 2.09. The molecular weight excluding hydrogens is 353 g/mol. The van der Waals surface area contributed by atoms with Crippen molar-refractivity contribution in [2.24, 2.45) is 0 Å². The van der Waals surface area contributed by atoms with Crippen LogP contribution in [0.2, 0.25) is 0 Å². The predicted octanol–water partition coefficient (Wildman–Crippen LogP) is 2.67. The van der Waals surface area contributed by atoms with E-state index in [1.54, 1.807) is 30.3 Å². The fourth-order valence-electron chi connectivity index (χ4n) is 2.90. The molecule has 0 aliphatic rings. The van der Waals surface area contributed by atoms with E-state index in [9.17, 15) is 18.8 Å². The summed E-state index contributed by atoms with van der Waals surface area (Å²) < 4.78 is 18.2. The fourth-order valence-corrected chi connectivity index (χ4v) is 2.90. The Bertz CT molecular complexity index is 1290. The zero-order valence-electron chi connectivity index (χ0n) is 14.0. The molecule has 2 heterocycles. The molecule has 0 radical (unpaired) electrons. The maximum Gasteiger partial charge on any atom is 0.417 e. The minimum Gasteiger partial charge on any atom is -0.408 e. The quantitative estimate of drug-likeness (QED) is 0.515. The van der Waals surface area contributed by atoms with Crippen molar-refractivity contribution in [3.8, 4) is 0 Å². The number of nitrogens with one attached hydrogen (secondary N) is 3. The van der Waals surface area contributed by atoms with Gasteiger partial charge in [-0.15, -0.1) is 0 Å². The standard InChI is InChI=1S/C19H14FN3O4/c20-12-3-1-10-7-11(18(25)22-15(10)8-12)2-6-17(24)21-13-4-5-14-16(9-13)27-19(26)23-14/h1,3-5,7-9H,2,6H2,(H,21,24)(H,22,25)(H,23,26). The Kier molecular flexibility index (Phi) is 4.08. The summed E-state index contributed by atoms with van der Waals surface area (Å²) in [6, 6.07) is 10.6. The number of hydrogen-bond acceptors (Lipinski definition) is 4. The second-order valence-electron chi connectivity index (χ2n) is 6.13. The van der Waals surface area contributed by atoms with E-state index in [-0.39, 0.29) is 24.3 Å². The first kappa shape index (κ1) is 16.8. The molecule has 2 aromatic carbocycles. The normalized spacial score (nSPS) is 11.1. The van der Waals surface area contributed by atoms with Crippen LogP contribution in [-0.2, 0) is 11.2 Å². The summed E-state index contributed by atoms with van der Waals surface area (Å²) in [6.07, 6.45) is 0.320. The van der Waals surface area contributed by atoms with Crippen LogP contribution >= 0.6 is 0 Å². The molecule has 4 rings (SSSR count). The van der Waals surface area contributed by atoms with Crippen LogP contribution in [0, 0.1) is 5.82 Å². The van der Waals surface area contributed by atoms with Crippen LogP contribution in [0.15, 0.2) is 56.5 Å². The summed E-state index contributed by atoms with van der Waals surface area (Å²) in [5.74, 6) is -1.28. The van der Waals surface area contributed by atoms with Gasteiger partial charge in [-0.25, -0.2) is 9.18 Å². The Morgan fingerprint density at radius 1 is 1.04 bits per heavy atom. The largest absolute Gasteiger partial charge is 0.417 e. The van der Waals surface area contributed by atoms with Crippen LogP contribution in [0.1, 0.15) is 12.0 Å². The highest BCUT2D eigenvalue weighted by atomic mass is 19.1. The fraction of sp³-hybridized carbons (Fsp3) is 0.105. The number of fused-ring (bicyclic) bond motifs is 2. The number of aromatic nitrogens is 2. The Labute approximate surface area is 150 Å². The SMILES string of the molecule is O=C(CCc1cc2ccc(F)cc2[nH]c1=O)Nc1ccc2[nH]c(=O)oc2c1. The topological polar surface area (TPSA) is 108 Å². The number of H-pyrrole nitrogens is 2. The van der Waals surface area contributed by atoms with Gasteiger partial charge in [-0.1, -0.05) is 0 Å². The molecule has 0 spiro atoms. The second kappa shape index (κ2) is 6.56. The van der Waals surface area contributed by atoms with Gasteiger partial charge in [-0.3, -0.25) is 14.6 Å². The number of halogens is 1. The highest BCUT2D eigenvalue weighted by molar-refractivity contribution is 5.92. The molecule has 0 fully saturated rings. The zero-order chi connectivity index (χ0) is 19.0. The lowest BCUT2D eigenvalue weighted by atomic mass is 10.1. The molecule has 0 unspecified atom stereocenters. The Morgan fingerprint density at radius 2 is 1.89 bits per heavy atom. The molecule has 4 aromatic rings. The van der Waals surface area contributed by atoms with Crippen LogP contribution in [0.25, 0.3) is 22.0 Å². The van der Waals surface area contributed by atoms with Crippen LogP contribution < -0.4 is 16.6 Å². The van der Waals surface area contributed by atoms with E-state index < -0.39 is 11.6 Å². The summed E-state index contributed by atoms with van der Waals surface area (Å²) in [7, 11) is 0. The van der Waals surface area contributed by atoms with Gasteiger partial charge >= 0.3 is 5.76 Å². The number of aryl methyl sites for hydroxylation is 1. The van der Waals surface area contributed by atoms with E-state index in [0.29, 0.717) is 33.3 Å². The van der Waals surface area contributed by atoms with Crippen LogP contribution in [0.5, 0.6) is 0 Å².